The minimum Gasteiger partial charge on any atom is -0.354 e. The zero-order valence-corrected chi connectivity index (χ0v) is 25.1. The summed E-state index contributed by atoms with van der Waals surface area (Å²) in [5.74, 6) is -0.870. The third-order valence-corrected chi connectivity index (χ3v) is 7.92. The standard InChI is InChI=1S/C32H39N3O5S/c1-23(2)20-33-32(38)30(18-26-13-7-6-8-14-26)34(21-28-15-10-9-12-24(28)3)31(37)22-35(41(5,39)40)29-17-11-16-27(19-29)25(4)36/h6-17,19,23,30H,18,20-22H2,1-5H3,(H,33,38)/t30-/m0/s1. The molecule has 0 aliphatic rings. The average molecular weight is 578 g/mol. The second kappa shape index (κ2) is 14.1. The lowest BCUT2D eigenvalue weighted by atomic mass is 10.0. The van der Waals surface area contributed by atoms with Crippen LogP contribution in [0.2, 0.25) is 0 Å². The summed E-state index contributed by atoms with van der Waals surface area (Å²) < 4.78 is 26.9. The molecule has 0 unspecified atom stereocenters. The largest absolute Gasteiger partial charge is 0.354 e. The van der Waals surface area contributed by atoms with E-state index in [1.165, 1.54) is 17.9 Å². The molecule has 218 valence electrons. The molecule has 1 N–H and O–H groups in total. The Morgan fingerprint density at radius 3 is 2.17 bits per heavy atom. The van der Waals surface area contributed by atoms with Crippen molar-refractivity contribution in [1.29, 1.82) is 0 Å². The van der Waals surface area contributed by atoms with Gasteiger partial charge in [-0.25, -0.2) is 8.42 Å². The summed E-state index contributed by atoms with van der Waals surface area (Å²) in [4.78, 5) is 41.3. The molecule has 0 saturated heterocycles. The van der Waals surface area contributed by atoms with E-state index in [1.54, 1.807) is 18.2 Å². The minimum absolute atomic E-state index is 0.114. The number of hydrogen-bond donors (Lipinski definition) is 1. The van der Waals surface area contributed by atoms with Gasteiger partial charge in [0, 0.05) is 25.1 Å². The summed E-state index contributed by atoms with van der Waals surface area (Å²) >= 11 is 0. The van der Waals surface area contributed by atoms with Crippen molar-refractivity contribution < 1.29 is 22.8 Å². The molecule has 0 aliphatic carbocycles. The van der Waals surface area contributed by atoms with Crippen LogP contribution >= 0.6 is 0 Å². The lowest BCUT2D eigenvalue weighted by Gasteiger charge is -2.34. The van der Waals surface area contributed by atoms with Gasteiger partial charge < -0.3 is 10.2 Å². The van der Waals surface area contributed by atoms with Gasteiger partial charge in [0.25, 0.3) is 0 Å². The molecule has 0 aliphatic heterocycles. The molecule has 1 atom stereocenters. The lowest BCUT2D eigenvalue weighted by molar-refractivity contribution is -0.140. The second-order valence-electron chi connectivity index (χ2n) is 10.7. The Hall–Kier alpha value is -3.98. The highest BCUT2D eigenvalue weighted by Gasteiger charge is 2.33. The lowest BCUT2D eigenvalue weighted by Crippen LogP contribution is -2.53. The molecule has 0 radical (unpaired) electrons. The highest BCUT2D eigenvalue weighted by molar-refractivity contribution is 7.92. The quantitative estimate of drug-likeness (QED) is 0.304. The predicted molar refractivity (Wildman–Crippen MR) is 162 cm³/mol. The van der Waals surface area contributed by atoms with Gasteiger partial charge in [-0.1, -0.05) is 80.6 Å². The van der Waals surface area contributed by atoms with Crippen LogP contribution in [0.25, 0.3) is 0 Å². The topological polar surface area (TPSA) is 104 Å². The number of nitrogens with one attached hydrogen (secondary N) is 1. The number of hydrogen-bond acceptors (Lipinski definition) is 5. The summed E-state index contributed by atoms with van der Waals surface area (Å²) in [6.07, 6.45) is 1.27. The highest BCUT2D eigenvalue weighted by atomic mass is 32.2. The normalized spacial score (nSPS) is 12.0. The molecule has 0 bridgehead atoms. The summed E-state index contributed by atoms with van der Waals surface area (Å²) in [6, 6.07) is 22.3. The van der Waals surface area contributed by atoms with Gasteiger partial charge in [0.1, 0.15) is 12.6 Å². The molecule has 0 fully saturated rings. The third kappa shape index (κ3) is 9.01. The molecule has 8 nitrogen and oxygen atoms in total. The molecule has 0 heterocycles. The first-order valence-electron chi connectivity index (χ1n) is 13.6. The van der Waals surface area contributed by atoms with Gasteiger partial charge in [-0.15, -0.1) is 0 Å². The molecule has 2 amide bonds. The number of Topliss-reactive ketones (excluding diaryl/α,β-unsaturated/α-hetero) is 1. The van der Waals surface area contributed by atoms with E-state index in [1.807, 2.05) is 75.4 Å². The number of sulfonamides is 1. The number of rotatable bonds is 13. The van der Waals surface area contributed by atoms with Gasteiger partial charge >= 0.3 is 0 Å². The summed E-state index contributed by atoms with van der Waals surface area (Å²) in [5, 5.41) is 2.97. The smallest absolute Gasteiger partial charge is 0.244 e. The van der Waals surface area contributed by atoms with Crippen LogP contribution in [0.3, 0.4) is 0 Å². The Morgan fingerprint density at radius 2 is 1.56 bits per heavy atom. The van der Waals surface area contributed by atoms with E-state index in [0.29, 0.717) is 12.1 Å². The van der Waals surface area contributed by atoms with E-state index in [-0.39, 0.29) is 36.3 Å². The molecule has 0 saturated carbocycles. The van der Waals surface area contributed by atoms with Gasteiger partial charge in [0.15, 0.2) is 5.78 Å². The monoisotopic (exact) mass is 577 g/mol. The zero-order chi connectivity index (χ0) is 30.2. The van der Waals surface area contributed by atoms with Crippen LogP contribution in [-0.4, -0.2) is 56.3 Å². The van der Waals surface area contributed by atoms with E-state index < -0.39 is 28.5 Å². The van der Waals surface area contributed by atoms with Gasteiger partial charge in [-0.05, 0) is 48.6 Å². The average Bonchev–Trinajstić information content (AvgIpc) is 2.93. The highest BCUT2D eigenvalue weighted by Crippen LogP contribution is 2.22. The first-order valence-corrected chi connectivity index (χ1v) is 15.5. The maximum absolute atomic E-state index is 14.2. The van der Waals surface area contributed by atoms with E-state index in [0.717, 1.165) is 27.3 Å². The van der Waals surface area contributed by atoms with Crippen LogP contribution in [0.4, 0.5) is 5.69 Å². The molecule has 41 heavy (non-hydrogen) atoms. The van der Waals surface area contributed by atoms with Crippen molar-refractivity contribution in [2.75, 3.05) is 23.7 Å². The fourth-order valence-electron chi connectivity index (χ4n) is 4.44. The number of amides is 2. The summed E-state index contributed by atoms with van der Waals surface area (Å²) in [6.45, 7) is 7.31. The van der Waals surface area contributed by atoms with Crippen LogP contribution in [0.1, 0.15) is 47.8 Å². The van der Waals surface area contributed by atoms with Crippen molar-refractivity contribution in [3.63, 3.8) is 0 Å². The van der Waals surface area contributed by atoms with Crippen molar-refractivity contribution >= 4 is 33.3 Å². The molecular weight excluding hydrogens is 538 g/mol. The molecule has 3 aromatic carbocycles. The molecule has 9 heteroatoms. The maximum Gasteiger partial charge on any atom is 0.244 e. The van der Waals surface area contributed by atoms with Crippen LogP contribution in [-0.2, 0) is 32.6 Å². The van der Waals surface area contributed by atoms with Crippen molar-refractivity contribution in [1.82, 2.24) is 10.2 Å². The summed E-state index contributed by atoms with van der Waals surface area (Å²) in [5.41, 5.74) is 3.19. The molecule has 3 aromatic rings. The van der Waals surface area contributed by atoms with Gasteiger partial charge in [0.2, 0.25) is 21.8 Å². The van der Waals surface area contributed by atoms with Crippen LogP contribution in [0.5, 0.6) is 0 Å². The molecule has 3 rings (SSSR count). The Labute approximate surface area is 243 Å². The van der Waals surface area contributed by atoms with E-state index in [2.05, 4.69) is 5.32 Å². The number of anilines is 1. The Morgan fingerprint density at radius 1 is 0.902 bits per heavy atom. The zero-order valence-electron chi connectivity index (χ0n) is 24.3. The minimum atomic E-state index is -3.92. The van der Waals surface area contributed by atoms with Crippen LogP contribution in [0.15, 0.2) is 78.9 Å². The van der Waals surface area contributed by atoms with Crippen molar-refractivity contribution in [2.24, 2.45) is 5.92 Å². The number of aryl methyl sites for hydroxylation is 1. The van der Waals surface area contributed by atoms with Crippen LogP contribution < -0.4 is 9.62 Å². The fourth-order valence-corrected chi connectivity index (χ4v) is 5.28. The predicted octanol–water partition coefficient (Wildman–Crippen LogP) is 4.38. The van der Waals surface area contributed by atoms with Crippen LogP contribution in [0, 0.1) is 12.8 Å². The third-order valence-electron chi connectivity index (χ3n) is 6.78. The SMILES string of the molecule is CC(=O)c1cccc(N(CC(=O)N(Cc2ccccc2C)[C@@H](Cc2ccccc2)C(=O)NCC(C)C)S(C)(=O)=O)c1. The van der Waals surface area contributed by atoms with Gasteiger partial charge in [0.05, 0.1) is 11.9 Å². The van der Waals surface area contributed by atoms with E-state index in [4.69, 9.17) is 0 Å². The number of carbonyl (C=O) groups excluding carboxylic acids is 3. The number of nitrogens with zero attached hydrogens (tertiary/aromatic N) is 2. The molecule has 0 spiro atoms. The van der Waals surface area contributed by atoms with Crippen molar-refractivity contribution in [3.05, 3.63) is 101 Å². The Bertz CT molecular complexity index is 1470. The Balaban J connectivity index is 2.08. The first-order chi connectivity index (χ1) is 19.4. The van der Waals surface area contributed by atoms with Crippen molar-refractivity contribution in [2.45, 2.75) is 46.7 Å². The van der Waals surface area contributed by atoms with Crippen molar-refractivity contribution in [3.8, 4) is 0 Å². The van der Waals surface area contributed by atoms with E-state index >= 15 is 0 Å². The van der Waals surface area contributed by atoms with Gasteiger partial charge in [-0.2, -0.15) is 0 Å². The van der Waals surface area contributed by atoms with E-state index in [9.17, 15) is 22.8 Å². The number of carbonyl (C=O) groups is 3. The molecular formula is C32H39N3O5S. The van der Waals surface area contributed by atoms with Gasteiger partial charge in [-0.3, -0.25) is 18.7 Å². The maximum atomic E-state index is 14.2. The first kappa shape index (κ1) is 31.5. The second-order valence-corrected chi connectivity index (χ2v) is 12.6. The fraction of sp³-hybridized carbons (Fsp3) is 0.344. The summed E-state index contributed by atoms with van der Waals surface area (Å²) in [7, 11) is -3.92. The number of ketones is 1. The number of benzene rings is 3. The Kier molecular flexibility index (Phi) is 10.8. The molecule has 0 aromatic heterocycles.